The van der Waals surface area contributed by atoms with E-state index in [1.807, 2.05) is 33.9 Å². The second kappa shape index (κ2) is 5.20. The van der Waals surface area contributed by atoms with Crippen molar-refractivity contribution < 1.29 is 8.96 Å². The SMILES string of the molecule is Cc1ccc2c(-c3cc(C)c(F)c(C)c3C)[n+](C)ccc2c1. The van der Waals surface area contributed by atoms with E-state index in [4.69, 9.17) is 0 Å². The number of pyridine rings is 1. The Morgan fingerprint density at radius 3 is 2.36 bits per heavy atom. The first-order valence-electron chi connectivity index (χ1n) is 7.56. The lowest BCUT2D eigenvalue weighted by Crippen LogP contribution is -2.31. The molecular formula is C20H21FN+. The molecular weight excluding hydrogens is 273 g/mol. The number of benzene rings is 2. The molecule has 1 heterocycles. The van der Waals surface area contributed by atoms with Gasteiger partial charge in [0.15, 0.2) is 6.20 Å². The third-order valence-corrected chi connectivity index (χ3v) is 4.55. The predicted octanol–water partition coefficient (Wildman–Crippen LogP) is 4.70. The van der Waals surface area contributed by atoms with Crippen LogP contribution in [0.1, 0.15) is 22.3 Å². The van der Waals surface area contributed by atoms with Crippen LogP contribution in [0.2, 0.25) is 0 Å². The van der Waals surface area contributed by atoms with E-state index in [0.29, 0.717) is 5.56 Å². The largest absolute Gasteiger partial charge is 0.220 e. The fourth-order valence-corrected chi connectivity index (χ4v) is 3.12. The maximum atomic E-state index is 14.1. The third-order valence-electron chi connectivity index (χ3n) is 4.55. The van der Waals surface area contributed by atoms with E-state index in [9.17, 15) is 4.39 Å². The van der Waals surface area contributed by atoms with Crippen molar-refractivity contribution in [2.24, 2.45) is 7.05 Å². The van der Waals surface area contributed by atoms with E-state index in [2.05, 4.69) is 42.0 Å². The fraction of sp³-hybridized carbons (Fsp3) is 0.250. The quantitative estimate of drug-likeness (QED) is 0.573. The van der Waals surface area contributed by atoms with Gasteiger partial charge in [-0.2, -0.15) is 0 Å². The van der Waals surface area contributed by atoms with Gasteiger partial charge in [0.05, 0.1) is 10.9 Å². The van der Waals surface area contributed by atoms with Crippen LogP contribution in [0.3, 0.4) is 0 Å². The zero-order valence-electron chi connectivity index (χ0n) is 13.8. The fourth-order valence-electron chi connectivity index (χ4n) is 3.12. The summed E-state index contributed by atoms with van der Waals surface area (Å²) in [5.74, 6) is -0.0972. The van der Waals surface area contributed by atoms with Crippen molar-refractivity contribution in [3.05, 3.63) is 64.6 Å². The number of fused-ring (bicyclic) bond motifs is 1. The van der Waals surface area contributed by atoms with Gasteiger partial charge in [0.2, 0.25) is 5.69 Å². The number of aryl methyl sites for hydroxylation is 3. The van der Waals surface area contributed by atoms with Crippen LogP contribution in [0, 0.1) is 33.5 Å². The van der Waals surface area contributed by atoms with Crippen molar-refractivity contribution in [2.75, 3.05) is 0 Å². The Labute approximate surface area is 131 Å². The van der Waals surface area contributed by atoms with Crippen molar-refractivity contribution in [1.82, 2.24) is 0 Å². The van der Waals surface area contributed by atoms with E-state index in [1.54, 1.807) is 0 Å². The van der Waals surface area contributed by atoms with E-state index in [1.165, 1.54) is 16.3 Å². The predicted molar refractivity (Wildman–Crippen MR) is 89.5 cm³/mol. The van der Waals surface area contributed by atoms with Crippen LogP contribution < -0.4 is 4.57 Å². The molecule has 0 fully saturated rings. The van der Waals surface area contributed by atoms with Crippen molar-refractivity contribution in [3.8, 4) is 11.3 Å². The number of aromatic nitrogens is 1. The monoisotopic (exact) mass is 294 g/mol. The van der Waals surface area contributed by atoms with Crippen LogP contribution in [-0.2, 0) is 7.05 Å². The molecule has 0 aliphatic carbocycles. The Kier molecular flexibility index (Phi) is 3.48. The topological polar surface area (TPSA) is 3.88 Å². The Balaban J connectivity index is 2.43. The maximum absolute atomic E-state index is 14.1. The molecule has 0 bridgehead atoms. The van der Waals surface area contributed by atoms with E-state index < -0.39 is 0 Å². The molecule has 0 radical (unpaired) electrons. The molecule has 0 unspecified atom stereocenters. The second-order valence-electron chi connectivity index (χ2n) is 6.17. The number of halogens is 1. The summed E-state index contributed by atoms with van der Waals surface area (Å²) >= 11 is 0. The number of hydrogen-bond acceptors (Lipinski definition) is 0. The molecule has 0 saturated carbocycles. The van der Waals surface area contributed by atoms with Crippen LogP contribution >= 0.6 is 0 Å². The summed E-state index contributed by atoms with van der Waals surface area (Å²) in [6.45, 7) is 7.79. The minimum Gasteiger partial charge on any atom is -0.206 e. The zero-order valence-corrected chi connectivity index (χ0v) is 13.8. The van der Waals surface area contributed by atoms with Gasteiger partial charge in [0.1, 0.15) is 12.9 Å². The average Bonchev–Trinajstić information content (AvgIpc) is 2.49. The molecule has 3 rings (SSSR count). The highest BCUT2D eigenvalue weighted by atomic mass is 19.1. The molecule has 0 N–H and O–H groups in total. The highest BCUT2D eigenvalue weighted by molar-refractivity contribution is 5.94. The molecule has 0 aliphatic heterocycles. The molecule has 2 aromatic carbocycles. The minimum atomic E-state index is -0.0972. The minimum absolute atomic E-state index is 0.0972. The summed E-state index contributed by atoms with van der Waals surface area (Å²) < 4.78 is 16.3. The van der Waals surface area contributed by atoms with E-state index in [-0.39, 0.29) is 5.82 Å². The molecule has 3 aromatic rings. The highest BCUT2D eigenvalue weighted by Gasteiger charge is 2.20. The van der Waals surface area contributed by atoms with Gasteiger partial charge >= 0.3 is 0 Å². The molecule has 0 spiro atoms. The first-order chi connectivity index (χ1) is 10.4. The number of hydrogen-bond donors (Lipinski definition) is 0. The Hall–Kier alpha value is -2.22. The van der Waals surface area contributed by atoms with Crippen LogP contribution in [0.25, 0.3) is 22.0 Å². The van der Waals surface area contributed by atoms with Crippen LogP contribution in [0.4, 0.5) is 4.39 Å². The molecule has 1 aromatic heterocycles. The van der Waals surface area contributed by atoms with Crippen LogP contribution in [-0.4, -0.2) is 0 Å². The Bertz CT molecular complexity index is 894. The smallest absolute Gasteiger partial charge is 0.206 e. The lowest BCUT2D eigenvalue weighted by atomic mass is 9.94. The van der Waals surface area contributed by atoms with Gasteiger partial charge in [-0.15, -0.1) is 0 Å². The summed E-state index contributed by atoms with van der Waals surface area (Å²) in [7, 11) is 2.04. The summed E-state index contributed by atoms with van der Waals surface area (Å²) in [4.78, 5) is 0. The lowest BCUT2D eigenvalue weighted by Gasteiger charge is -2.12. The summed E-state index contributed by atoms with van der Waals surface area (Å²) in [6.07, 6.45) is 2.07. The zero-order chi connectivity index (χ0) is 16.0. The molecule has 2 heteroatoms. The van der Waals surface area contributed by atoms with E-state index in [0.717, 1.165) is 22.4 Å². The third kappa shape index (κ3) is 2.19. The lowest BCUT2D eigenvalue weighted by molar-refractivity contribution is -0.659. The molecule has 22 heavy (non-hydrogen) atoms. The van der Waals surface area contributed by atoms with Crippen molar-refractivity contribution in [1.29, 1.82) is 0 Å². The van der Waals surface area contributed by atoms with Gasteiger partial charge in [-0.3, -0.25) is 0 Å². The van der Waals surface area contributed by atoms with Gasteiger partial charge in [-0.25, -0.2) is 8.96 Å². The maximum Gasteiger partial charge on any atom is 0.220 e. The summed E-state index contributed by atoms with van der Waals surface area (Å²) in [6, 6.07) is 10.6. The Morgan fingerprint density at radius 1 is 0.909 bits per heavy atom. The van der Waals surface area contributed by atoms with Crippen molar-refractivity contribution in [2.45, 2.75) is 27.7 Å². The van der Waals surface area contributed by atoms with E-state index >= 15 is 0 Å². The van der Waals surface area contributed by atoms with Gasteiger partial charge in [-0.1, -0.05) is 17.7 Å². The van der Waals surface area contributed by atoms with Crippen molar-refractivity contribution in [3.63, 3.8) is 0 Å². The number of rotatable bonds is 1. The molecule has 0 amide bonds. The molecule has 1 nitrogen and oxygen atoms in total. The second-order valence-corrected chi connectivity index (χ2v) is 6.17. The van der Waals surface area contributed by atoms with Crippen LogP contribution in [0.5, 0.6) is 0 Å². The molecule has 0 aliphatic rings. The summed E-state index contributed by atoms with van der Waals surface area (Å²) in [5.41, 5.74) is 5.93. The molecule has 112 valence electrons. The van der Waals surface area contributed by atoms with Gasteiger partial charge in [-0.05, 0) is 61.9 Å². The van der Waals surface area contributed by atoms with Gasteiger partial charge < -0.3 is 0 Å². The average molecular weight is 294 g/mol. The van der Waals surface area contributed by atoms with Crippen LogP contribution in [0.15, 0.2) is 36.5 Å². The standard InChI is InChI=1S/C20H21FN/c1-12-6-7-17-16(10-12)8-9-22(5)20(17)18-11-13(2)19(21)15(4)14(18)3/h6-11H,1-5H3/q+1. The van der Waals surface area contributed by atoms with Gasteiger partial charge in [0.25, 0.3) is 0 Å². The first kappa shape index (κ1) is 14.7. The highest BCUT2D eigenvalue weighted by Crippen LogP contribution is 2.32. The number of nitrogens with zero attached hydrogens (tertiary/aromatic N) is 1. The van der Waals surface area contributed by atoms with Gasteiger partial charge in [0, 0.05) is 6.07 Å². The van der Waals surface area contributed by atoms with Crippen molar-refractivity contribution >= 4 is 10.8 Å². The summed E-state index contributed by atoms with van der Waals surface area (Å²) in [5, 5.41) is 2.41. The first-order valence-corrected chi connectivity index (χ1v) is 7.56. The molecule has 0 saturated heterocycles. The normalized spacial score (nSPS) is 11.2. The molecule has 0 atom stereocenters. The Morgan fingerprint density at radius 2 is 1.64 bits per heavy atom.